The first-order valence-electron chi connectivity index (χ1n) is 9.98. The normalized spacial score (nSPS) is 17.2. The molecular formula is C23H26FN3O. The highest BCUT2D eigenvalue weighted by Crippen LogP contribution is 2.31. The van der Waals surface area contributed by atoms with Crippen LogP contribution in [0.25, 0.3) is 11.0 Å². The van der Waals surface area contributed by atoms with Crippen molar-refractivity contribution in [1.29, 1.82) is 0 Å². The number of rotatable bonds is 6. The highest BCUT2D eigenvalue weighted by atomic mass is 19.1. The number of likely N-dealkylation sites (tertiary alicyclic amines) is 1. The number of fused-ring (bicyclic) bond motifs is 1. The van der Waals surface area contributed by atoms with Crippen LogP contribution in [-0.2, 0) is 17.9 Å². The van der Waals surface area contributed by atoms with Crippen molar-refractivity contribution >= 4 is 16.9 Å². The topological polar surface area (TPSA) is 38.1 Å². The lowest BCUT2D eigenvalue weighted by Gasteiger charge is -2.18. The fraction of sp³-hybridized carbons (Fsp3) is 0.391. The molecule has 0 aliphatic carbocycles. The predicted molar refractivity (Wildman–Crippen MR) is 108 cm³/mol. The largest absolute Gasteiger partial charge is 0.338 e. The van der Waals surface area contributed by atoms with E-state index in [1.165, 1.54) is 12.1 Å². The molecule has 2 aromatic carbocycles. The molecule has 0 unspecified atom stereocenters. The van der Waals surface area contributed by atoms with Crippen LogP contribution in [0, 0.1) is 11.7 Å². The molecule has 0 radical (unpaired) electrons. The number of amides is 1. The molecule has 1 fully saturated rings. The van der Waals surface area contributed by atoms with E-state index >= 15 is 0 Å². The number of nitrogens with zero attached hydrogens (tertiary/aromatic N) is 3. The van der Waals surface area contributed by atoms with E-state index in [-0.39, 0.29) is 17.6 Å². The Balaban J connectivity index is 1.58. The monoisotopic (exact) mass is 379 g/mol. The maximum absolute atomic E-state index is 13.1. The third-order valence-electron chi connectivity index (χ3n) is 5.48. The lowest BCUT2D eigenvalue weighted by Crippen LogP contribution is -2.24. The van der Waals surface area contributed by atoms with Crippen molar-refractivity contribution in [3.8, 4) is 0 Å². The van der Waals surface area contributed by atoms with Gasteiger partial charge in [-0.05, 0) is 42.2 Å². The van der Waals surface area contributed by atoms with Gasteiger partial charge in [-0.3, -0.25) is 4.79 Å². The van der Waals surface area contributed by atoms with Crippen molar-refractivity contribution in [2.24, 2.45) is 5.92 Å². The predicted octanol–water partition coefficient (Wildman–Crippen LogP) is 4.74. The van der Waals surface area contributed by atoms with Crippen molar-refractivity contribution in [2.75, 3.05) is 6.54 Å². The average Bonchev–Trinajstić information content (AvgIpc) is 3.22. The number of aromatic nitrogens is 2. The molecule has 28 heavy (non-hydrogen) atoms. The summed E-state index contributed by atoms with van der Waals surface area (Å²) in [6, 6.07) is 14.6. The Morgan fingerprint density at radius 3 is 2.64 bits per heavy atom. The second kappa shape index (κ2) is 7.74. The zero-order valence-electron chi connectivity index (χ0n) is 16.4. The van der Waals surface area contributed by atoms with Gasteiger partial charge in [0.15, 0.2) is 0 Å². The fourth-order valence-corrected chi connectivity index (χ4v) is 3.94. The molecule has 1 amide bonds. The molecule has 4 rings (SSSR count). The lowest BCUT2D eigenvalue weighted by atomic mass is 10.1. The molecule has 1 aliphatic heterocycles. The minimum absolute atomic E-state index is 0.0903. The van der Waals surface area contributed by atoms with E-state index in [0.29, 0.717) is 25.4 Å². The van der Waals surface area contributed by atoms with Crippen LogP contribution in [-0.4, -0.2) is 26.9 Å². The van der Waals surface area contributed by atoms with Crippen LogP contribution in [0.15, 0.2) is 48.5 Å². The molecule has 146 valence electrons. The molecule has 4 nitrogen and oxygen atoms in total. The highest BCUT2D eigenvalue weighted by molar-refractivity contribution is 5.81. The number of halogens is 1. The quantitative estimate of drug-likeness (QED) is 0.621. The zero-order chi connectivity index (χ0) is 19.7. The smallest absolute Gasteiger partial charge is 0.223 e. The van der Waals surface area contributed by atoms with Crippen molar-refractivity contribution in [1.82, 2.24) is 14.5 Å². The molecule has 0 N–H and O–H groups in total. The summed E-state index contributed by atoms with van der Waals surface area (Å²) in [5.41, 5.74) is 3.08. The van der Waals surface area contributed by atoms with Crippen LogP contribution in [0.4, 0.5) is 4.39 Å². The number of para-hydroxylation sites is 2. The van der Waals surface area contributed by atoms with Crippen LogP contribution >= 0.6 is 0 Å². The third-order valence-corrected chi connectivity index (χ3v) is 5.48. The summed E-state index contributed by atoms with van der Waals surface area (Å²) >= 11 is 0. The van der Waals surface area contributed by atoms with Gasteiger partial charge >= 0.3 is 0 Å². The van der Waals surface area contributed by atoms with Gasteiger partial charge in [0.25, 0.3) is 0 Å². The first-order chi connectivity index (χ1) is 13.5. The van der Waals surface area contributed by atoms with Crippen LogP contribution in [0.3, 0.4) is 0 Å². The zero-order valence-corrected chi connectivity index (χ0v) is 16.4. The first kappa shape index (κ1) is 18.7. The maximum Gasteiger partial charge on any atom is 0.223 e. The van der Waals surface area contributed by atoms with E-state index in [1.807, 2.05) is 23.1 Å². The summed E-state index contributed by atoms with van der Waals surface area (Å²) in [6.45, 7) is 6.53. The molecule has 1 atom stereocenters. The van der Waals surface area contributed by atoms with E-state index in [9.17, 15) is 9.18 Å². The Labute approximate surface area is 165 Å². The summed E-state index contributed by atoms with van der Waals surface area (Å²) in [5.74, 6) is 1.59. The van der Waals surface area contributed by atoms with Crippen molar-refractivity contribution in [2.45, 2.75) is 45.7 Å². The molecular weight excluding hydrogens is 353 g/mol. The van der Waals surface area contributed by atoms with Crippen molar-refractivity contribution in [3.63, 3.8) is 0 Å². The van der Waals surface area contributed by atoms with Gasteiger partial charge in [0.2, 0.25) is 5.91 Å². The Hall–Kier alpha value is -2.69. The number of hydrogen-bond acceptors (Lipinski definition) is 2. The van der Waals surface area contributed by atoms with Gasteiger partial charge in [-0.1, -0.05) is 38.1 Å². The highest BCUT2D eigenvalue weighted by Gasteiger charge is 2.33. The summed E-state index contributed by atoms with van der Waals surface area (Å²) in [6.07, 6.45) is 1.56. The molecule has 1 saturated heterocycles. The molecule has 0 spiro atoms. The number of carbonyl (C=O) groups excluding carboxylic acids is 1. The SMILES string of the molecule is CC(C)CCn1c([C@@H]2CC(=O)N(Cc3ccc(F)cc3)C2)nc2ccccc21. The summed E-state index contributed by atoms with van der Waals surface area (Å²) in [4.78, 5) is 19.4. The third kappa shape index (κ3) is 3.79. The molecule has 0 bridgehead atoms. The molecule has 1 aromatic heterocycles. The molecule has 3 aromatic rings. The Morgan fingerprint density at radius 1 is 1.14 bits per heavy atom. The molecule has 1 aliphatic rings. The molecule has 2 heterocycles. The second-order valence-corrected chi connectivity index (χ2v) is 8.09. The van der Waals surface area contributed by atoms with Gasteiger partial charge in [0.1, 0.15) is 11.6 Å². The molecule has 0 saturated carbocycles. The lowest BCUT2D eigenvalue weighted by molar-refractivity contribution is -0.128. The number of aryl methyl sites for hydroxylation is 1. The van der Waals surface area contributed by atoms with E-state index in [0.717, 1.165) is 35.4 Å². The summed E-state index contributed by atoms with van der Waals surface area (Å²) in [7, 11) is 0. The van der Waals surface area contributed by atoms with Gasteiger partial charge in [0.05, 0.1) is 11.0 Å². The van der Waals surface area contributed by atoms with Crippen LogP contribution in [0.1, 0.15) is 44.0 Å². The van der Waals surface area contributed by atoms with E-state index in [2.05, 4.69) is 24.5 Å². The fourth-order valence-electron chi connectivity index (χ4n) is 3.94. The second-order valence-electron chi connectivity index (χ2n) is 8.09. The minimum Gasteiger partial charge on any atom is -0.338 e. The van der Waals surface area contributed by atoms with Crippen LogP contribution in [0.5, 0.6) is 0 Å². The average molecular weight is 379 g/mol. The van der Waals surface area contributed by atoms with Gasteiger partial charge < -0.3 is 9.47 Å². The minimum atomic E-state index is -0.256. The van der Waals surface area contributed by atoms with Gasteiger partial charge in [-0.25, -0.2) is 9.37 Å². The number of benzene rings is 2. The Kier molecular flexibility index (Phi) is 5.16. The van der Waals surface area contributed by atoms with Crippen molar-refractivity contribution < 1.29 is 9.18 Å². The van der Waals surface area contributed by atoms with Crippen LogP contribution < -0.4 is 0 Å². The van der Waals surface area contributed by atoms with Crippen LogP contribution in [0.2, 0.25) is 0 Å². The van der Waals surface area contributed by atoms with Crippen molar-refractivity contribution in [3.05, 3.63) is 65.7 Å². The van der Waals surface area contributed by atoms with Gasteiger partial charge in [-0.15, -0.1) is 0 Å². The van der Waals surface area contributed by atoms with Gasteiger partial charge in [0, 0.05) is 32.0 Å². The summed E-state index contributed by atoms with van der Waals surface area (Å²) in [5, 5.41) is 0. The van der Waals surface area contributed by atoms with E-state index in [4.69, 9.17) is 4.98 Å². The summed E-state index contributed by atoms with van der Waals surface area (Å²) < 4.78 is 15.4. The number of hydrogen-bond donors (Lipinski definition) is 0. The Morgan fingerprint density at radius 2 is 1.89 bits per heavy atom. The molecule has 5 heteroatoms. The maximum atomic E-state index is 13.1. The van der Waals surface area contributed by atoms with E-state index < -0.39 is 0 Å². The number of carbonyl (C=O) groups is 1. The first-order valence-corrected chi connectivity index (χ1v) is 9.98. The van der Waals surface area contributed by atoms with Gasteiger partial charge in [-0.2, -0.15) is 0 Å². The standard InChI is InChI=1S/C23H26FN3O/c1-16(2)11-12-27-21-6-4-3-5-20(21)25-23(27)18-13-22(28)26(15-18)14-17-7-9-19(24)10-8-17/h3-10,16,18H,11-15H2,1-2H3/t18-/m1/s1. The van der Waals surface area contributed by atoms with E-state index in [1.54, 1.807) is 12.1 Å². The number of imidazole rings is 1. The Bertz CT molecular complexity index is 977.